The first-order chi connectivity index (χ1) is 14.0. The fourth-order valence-electron chi connectivity index (χ4n) is 3.35. The third-order valence-corrected chi connectivity index (χ3v) is 5.84. The highest BCUT2D eigenvalue weighted by Gasteiger charge is 2.21. The second-order valence-corrected chi connectivity index (χ2v) is 8.65. The van der Waals surface area contributed by atoms with E-state index in [4.69, 9.17) is 10.5 Å². The summed E-state index contributed by atoms with van der Waals surface area (Å²) in [6.07, 6.45) is 3.62. The monoisotopic (exact) mass is 408 g/mol. The van der Waals surface area contributed by atoms with Gasteiger partial charge in [-0.3, -0.25) is 0 Å². The molecule has 0 aliphatic rings. The minimum Gasteiger partial charge on any atom is -0.412 e. The molecule has 0 fully saturated rings. The van der Waals surface area contributed by atoms with E-state index in [9.17, 15) is 4.79 Å². The van der Waals surface area contributed by atoms with Gasteiger partial charge in [-0.15, -0.1) is 0 Å². The van der Waals surface area contributed by atoms with Crippen LogP contribution in [0.2, 0.25) is 0 Å². The molecule has 29 heavy (non-hydrogen) atoms. The third kappa shape index (κ3) is 5.52. The van der Waals surface area contributed by atoms with Crippen LogP contribution in [0.25, 0.3) is 0 Å². The molecule has 2 N–H and O–H groups in total. The maximum atomic E-state index is 12.4. The summed E-state index contributed by atoms with van der Waals surface area (Å²) in [5.41, 5.74) is 9.34. The van der Waals surface area contributed by atoms with E-state index in [1.807, 2.05) is 30.3 Å². The minimum absolute atomic E-state index is 0.184. The number of esters is 1. The quantitative estimate of drug-likeness (QED) is 0.501. The van der Waals surface area contributed by atoms with Gasteiger partial charge in [-0.25, -0.2) is 9.78 Å². The summed E-state index contributed by atoms with van der Waals surface area (Å²) in [6, 6.07) is 17.2. The van der Waals surface area contributed by atoms with Crippen LogP contribution in [-0.2, 0) is 11.2 Å². The van der Waals surface area contributed by atoms with Crippen LogP contribution >= 0.6 is 11.3 Å². The number of carbonyl (C=O) groups excluding carboxylic acids is 1. The van der Waals surface area contributed by atoms with E-state index in [1.54, 1.807) is 6.20 Å². The van der Waals surface area contributed by atoms with Gasteiger partial charge in [0.05, 0.1) is 6.20 Å². The molecule has 0 aliphatic carbocycles. The molecule has 1 heterocycles. The molecular weight excluding hydrogens is 380 g/mol. The second-order valence-electron chi connectivity index (χ2n) is 7.63. The number of nitrogens with zero attached hydrogens (tertiary/aromatic N) is 1. The molecule has 0 bridgehead atoms. The molecule has 0 saturated heterocycles. The summed E-state index contributed by atoms with van der Waals surface area (Å²) >= 11 is 1.41. The van der Waals surface area contributed by atoms with E-state index >= 15 is 0 Å². The molecule has 5 heteroatoms. The molecule has 0 saturated carbocycles. The van der Waals surface area contributed by atoms with Crippen molar-refractivity contribution in [2.24, 2.45) is 11.7 Å². The van der Waals surface area contributed by atoms with Gasteiger partial charge in [0.1, 0.15) is 11.0 Å². The molecular formula is C24H28N2O2S. The van der Waals surface area contributed by atoms with Gasteiger partial charge >= 0.3 is 5.97 Å². The summed E-state index contributed by atoms with van der Waals surface area (Å²) in [4.78, 5) is 16.9. The zero-order valence-corrected chi connectivity index (χ0v) is 18.0. The highest BCUT2D eigenvalue weighted by atomic mass is 32.1. The molecule has 0 radical (unpaired) electrons. The van der Waals surface area contributed by atoms with E-state index in [0.29, 0.717) is 11.0 Å². The molecule has 2 aromatic carbocycles. The number of ether oxygens (including phenoxy) is 1. The smallest absolute Gasteiger partial charge is 0.333 e. The van der Waals surface area contributed by atoms with Gasteiger partial charge in [-0.05, 0) is 35.4 Å². The lowest BCUT2D eigenvalue weighted by Gasteiger charge is -2.14. The molecule has 2 unspecified atom stereocenters. The highest BCUT2D eigenvalue weighted by Crippen LogP contribution is 2.34. The first-order valence-corrected chi connectivity index (χ1v) is 10.9. The summed E-state index contributed by atoms with van der Waals surface area (Å²) < 4.78 is 5.50. The van der Waals surface area contributed by atoms with E-state index in [1.165, 1.54) is 22.5 Å². The lowest BCUT2D eigenvalue weighted by Crippen LogP contribution is -2.25. The zero-order chi connectivity index (χ0) is 20.8. The van der Waals surface area contributed by atoms with E-state index in [2.05, 4.69) is 50.0 Å². The van der Waals surface area contributed by atoms with Crippen LogP contribution in [0.3, 0.4) is 0 Å². The lowest BCUT2D eigenvalue weighted by atomic mass is 9.94. The Morgan fingerprint density at radius 1 is 1.07 bits per heavy atom. The van der Waals surface area contributed by atoms with Gasteiger partial charge in [0.2, 0.25) is 5.06 Å². The Hall–Kier alpha value is -2.50. The van der Waals surface area contributed by atoms with Gasteiger partial charge in [-0.2, -0.15) is 0 Å². The number of benzene rings is 2. The maximum Gasteiger partial charge on any atom is 0.333 e. The van der Waals surface area contributed by atoms with Crippen molar-refractivity contribution in [2.75, 3.05) is 0 Å². The molecule has 2 atom stereocenters. The van der Waals surface area contributed by atoms with Crippen LogP contribution in [0.5, 0.6) is 5.06 Å². The summed E-state index contributed by atoms with van der Waals surface area (Å²) in [5, 5.41) is 1.42. The van der Waals surface area contributed by atoms with Crippen molar-refractivity contribution in [3.63, 3.8) is 0 Å². The normalized spacial score (nSPS) is 13.3. The Labute approximate surface area is 176 Å². The van der Waals surface area contributed by atoms with E-state index in [-0.39, 0.29) is 5.92 Å². The minimum atomic E-state index is -0.808. The second kappa shape index (κ2) is 9.81. The Balaban J connectivity index is 1.69. The Bertz CT molecular complexity index is 920. The fraction of sp³-hybridized carbons (Fsp3) is 0.333. The summed E-state index contributed by atoms with van der Waals surface area (Å²) in [7, 11) is 0. The largest absolute Gasteiger partial charge is 0.412 e. The summed E-state index contributed by atoms with van der Waals surface area (Å²) in [5.74, 6) is 0.349. The van der Waals surface area contributed by atoms with Crippen molar-refractivity contribution in [2.45, 2.75) is 45.6 Å². The molecule has 3 aromatic rings. The number of thiazole rings is 1. The molecule has 3 rings (SSSR count). The Morgan fingerprint density at radius 2 is 1.76 bits per heavy atom. The Morgan fingerprint density at radius 3 is 2.38 bits per heavy atom. The number of rotatable bonds is 8. The molecule has 4 nitrogen and oxygen atoms in total. The van der Waals surface area contributed by atoms with Crippen LogP contribution in [0.1, 0.15) is 60.8 Å². The molecule has 1 aromatic heterocycles. The molecule has 0 amide bonds. The van der Waals surface area contributed by atoms with Gasteiger partial charge in [0.15, 0.2) is 0 Å². The van der Waals surface area contributed by atoms with Crippen LogP contribution < -0.4 is 10.5 Å². The van der Waals surface area contributed by atoms with Crippen LogP contribution in [0.4, 0.5) is 0 Å². The average Bonchev–Trinajstić information content (AvgIpc) is 3.17. The van der Waals surface area contributed by atoms with Crippen LogP contribution in [0.15, 0.2) is 60.8 Å². The van der Waals surface area contributed by atoms with Gasteiger partial charge in [-0.1, -0.05) is 86.7 Å². The maximum absolute atomic E-state index is 12.4. The van der Waals surface area contributed by atoms with E-state index < -0.39 is 12.0 Å². The van der Waals surface area contributed by atoms with Crippen molar-refractivity contribution in [1.29, 1.82) is 0 Å². The first-order valence-electron chi connectivity index (χ1n) is 10.0. The molecule has 0 aliphatic heterocycles. The lowest BCUT2D eigenvalue weighted by molar-refractivity contribution is -0.135. The SMILES string of the molecule is CCC(c1ccc(CC(C)C)cc1)c1ncc(OC(=O)C(N)c2ccccc2)s1. The van der Waals surface area contributed by atoms with Crippen LogP contribution in [-0.4, -0.2) is 11.0 Å². The van der Waals surface area contributed by atoms with Crippen molar-refractivity contribution >= 4 is 17.3 Å². The highest BCUT2D eigenvalue weighted by molar-refractivity contribution is 7.13. The third-order valence-electron chi connectivity index (χ3n) is 4.85. The average molecular weight is 409 g/mol. The molecule has 152 valence electrons. The van der Waals surface area contributed by atoms with E-state index in [0.717, 1.165) is 23.4 Å². The number of carbonyl (C=O) groups is 1. The summed E-state index contributed by atoms with van der Waals surface area (Å²) in [6.45, 7) is 6.60. The Kier molecular flexibility index (Phi) is 7.18. The van der Waals surface area contributed by atoms with Crippen LogP contribution in [0, 0.1) is 5.92 Å². The zero-order valence-electron chi connectivity index (χ0n) is 17.2. The standard InChI is InChI=1S/C24H28N2O2S/c1-4-20(18-12-10-17(11-13-18)14-16(2)3)23-26-15-21(29-23)28-24(27)22(25)19-8-6-5-7-9-19/h5-13,15-16,20,22H,4,14,25H2,1-3H3. The van der Waals surface area contributed by atoms with Crippen molar-refractivity contribution < 1.29 is 9.53 Å². The fourth-order valence-corrected chi connectivity index (χ4v) is 4.34. The number of hydrogen-bond donors (Lipinski definition) is 1. The number of nitrogens with two attached hydrogens (primary N) is 1. The predicted molar refractivity (Wildman–Crippen MR) is 118 cm³/mol. The first kappa shape index (κ1) is 21.2. The van der Waals surface area contributed by atoms with Gasteiger partial charge in [0, 0.05) is 5.92 Å². The molecule has 0 spiro atoms. The van der Waals surface area contributed by atoms with Gasteiger partial charge in [0.25, 0.3) is 0 Å². The number of hydrogen-bond acceptors (Lipinski definition) is 5. The van der Waals surface area contributed by atoms with Crippen molar-refractivity contribution in [3.05, 3.63) is 82.5 Å². The predicted octanol–water partition coefficient (Wildman–Crippen LogP) is 5.49. The van der Waals surface area contributed by atoms with Gasteiger partial charge < -0.3 is 10.5 Å². The topological polar surface area (TPSA) is 65.2 Å². The number of aromatic nitrogens is 1. The van der Waals surface area contributed by atoms with Crippen molar-refractivity contribution in [1.82, 2.24) is 4.98 Å². The van der Waals surface area contributed by atoms with Crippen molar-refractivity contribution in [3.8, 4) is 5.06 Å².